The van der Waals surface area contributed by atoms with Crippen LogP contribution >= 0.6 is 0 Å². The molecule has 0 saturated heterocycles. The summed E-state index contributed by atoms with van der Waals surface area (Å²) in [4.78, 5) is 15.1. The number of ether oxygens (including phenoxy) is 1. The lowest BCUT2D eigenvalue weighted by Crippen LogP contribution is -2.36. The van der Waals surface area contributed by atoms with Crippen molar-refractivity contribution in [3.63, 3.8) is 0 Å². The number of carbonyl (C=O) groups excluding carboxylic acids is 1. The Labute approximate surface area is 107 Å². The monoisotopic (exact) mass is 278 g/mol. The van der Waals surface area contributed by atoms with Crippen LogP contribution in [0.5, 0.6) is 5.75 Å². The zero-order chi connectivity index (χ0) is 14.5. The molecule has 0 atom stereocenters. The lowest BCUT2D eigenvalue weighted by atomic mass is 10.3. The highest BCUT2D eigenvalue weighted by Crippen LogP contribution is 2.16. The van der Waals surface area contributed by atoms with Crippen molar-refractivity contribution in [1.29, 1.82) is 0 Å². The van der Waals surface area contributed by atoms with Crippen LogP contribution in [0.2, 0.25) is 0 Å². The molecule has 1 aromatic rings. The van der Waals surface area contributed by atoms with Crippen LogP contribution in [0.15, 0.2) is 12.1 Å². The quantitative estimate of drug-likeness (QED) is 0.841. The van der Waals surface area contributed by atoms with Crippen molar-refractivity contribution in [2.75, 3.05) is 13.2 Å². The Hall–Kier alpha value is -1.83. The first-order valence-electron chi connectivity index (χ1n) is 5.35. The largest absolute Gasteiger partial charge is 0.482 e. The van der Waals surface area contributed by atoms with Gasteiger partial charge in [-0.15, -0.1) is 0 Å². The summed E-state index contributed by atoms with van der Waals surface area (Å²) in [5.74, 6) is -0.739. The van der Waals surface area contributed by atoms with E-state index in [0.29, 0.717) is 5.69 Å². The Bertz CT molecular complexity index is 449. The Morgan fingerprint density at radius 2 is 2.16 bits per heavy atom. The van der Waals surface area contributed by atoms with Crippen molar-refractivity contribution < 1.29 is 27.8 Å². The number of amides is 1. The highest BCUT2D eigenvalue weighted by molar-refractivity contribution is 5.77. The van der Waals surface area contributed by atoms with Crippen LogP contribution in [0.25, 0.3) is 0 Å². The average molecular weight is 278 g/mol. The maximum atomic E-state index is 11.8. The zero-order valence-corrected chi connectivity index (χ0v) is 10.1. The highest BCUT2D eigenvalue weighted by Gasteiger charge is 2.27. The smallest absolute Gasteiger partial charge is 0.405 e. The number of aliphatic hydroxyl groups excluding tert-OH is 1. The first-order chi connectivity index (χ1) is 8.81. The van der Waals surface area contributed by atoms with Gasteiger partial charge in [0.2, 0.25) is 0 Å². The van der Waals surface area contributed by atoms with E-state index in [9.17, 15) is 18.0 Å². The molecule has 0 aliphatic heterocycles. The molecule has 0 unspecified atom stereocenters. The second-order valence-corrected chi connectivity index (χ2v) is 3.74. The minimum Gasteiger partial charge on any atom is -0.482 e. The SMILES string of the molecule is Cc1ccc(OCC(=O)NCC(F)(F)F)c(CO)n1. The summed E-state index contributed by atoms with van der Waals surface area (Å²) in [6, 6.07) is 3.09. The predicted octanol–water partition coefficient (Wildman–Crippen LogP) is 0.940. The van der Waals surface area contributed by atoms with Crippen LogP contribution in [0.4, 0.5) is 13.2 Å². The third-order valence-electron chi connectivity index (χ3n) is 2.07. The number of hydrogen-bond donors (Lipinski definition) is 2. The van der Waals surface area contributed by atoms with E-state index in [1.165, 1.54) is 6.07 Å². The van der Waals surface area contributed by atoms with E-state index in [1.54, 1.807) is 18.3 Å². The molecule has 0 saturated carbocycles. The number of aromatic nitrogens is 1. The zero-order valence-electron chi connectivity index (χ0n) is 10.1. The van der Waals surface area contributed by atoms with E-state index < -0.39 is 25.2 Å². The van der Waals surface area contributed by atoms with Crippen molar-refractivity contribution >= 4 is 5.91 Å². The summed E-state index contributed by atoms with van der Waals surface area (Å²) >= 11 is 0. The third kappa shape index (κ3) is 5.56. The van der Waals surface area contributed by atoms with Gasteiger partial charge in [-0.25, -0.2) is 0 Å². The Morgan fingerprint density at radius 1 is 1.47 bits per heavy atom. The van der Waals surface area contributed by atoms with Crippen LogP contribution in [0, 0.1) is 6.92 Å². The van der Waals surface area contributed by atoms with Crippen LogP contribution in [-0.4, -0.2) is 35.3 Å². The van der Waals surface area contributed by atoms with E-state index in [-0.39, 0.29) is 18.1 Å². The van der Waals surface area contributed by atoms with E-state index in [4.69, 9.17) is 9.84 Å². The molecule has 1 amide bonds. The minimum absolute atomic E-state index is 0.162. The van der Waals surface area contributed by atoms with Gasteiger partial charge in [0, 0.05) is 5.69 Å². The van der Waals surface area contributed by atoms with Gasteiger partial charge < -0.3 is 15.2 Å². The van der Waals surface area contributed by atoms with E-state index in [1.807, 2.05) is 0 Å². The predicted molar refractivity (Wildman–Crippen MR) is 59.5 cm³/mol. The molecular formula is C11H13F3N2O3. The maximum absolute atomic E-state index is 11.8. The number of nitrogens with zero attached hydrogens (tertiary/aromatic N) is 1. The van der Waals surface area contributed by atoms with Crippen LogP contribution in [-0.2, 0) is 11.4 Å². The number of nitrogens with one attached hydrogen (secondary N) is 1. The molecule has 0 radical (unpaired) electrons. The summed E-state index contributed by atoms with van der Waals surface area (Å²) in [5.41, 5.74) is 0.876. The number of pyridine rings is 1. The standard InChI is InChI=1S/C11H13F3N2O3/c1-7-2-3-9(8(4-17)16-7)19-5-10(18)15-6-11(12,13)14/h2-3,17H,4-6H2,1H3,(H,15,18). The summed E-state index contributed by atoms with van der Waals surface area (Å²) < 4.78 is 40.5. The fourth-order valence-electron chi connectivity index (χ4n) is 1.24. The number of aryl methyl sites for hydroxylation is 1. The van der Waals surface area contributed by atoms with Gasteiger partial charge in [0.05, 0.1) is 6.61 Å². The van der Waals surface area contributed by atoms with Gasteiger partial charge in [0.25, 0.3) is 5.91 Å². The van der Waals surface area contributed by atoms with E-state index >= 15 is 0 Å². The van der Waals surface area contributed by atoms with Gasteiger partial charge in [-0.1, -0.05) is 0 Å². The molecule has 8 heteroatoms. The van der Waals surface area contributed by atoms with Crippen molar-refractivity contribution in [2.24, 2.45) is 0 Å². The summed E-state index contributed by atoms with van der Waals surface area (Å²) in [7, 11) is 0. The molecule has 2 N–H and O–H groups in total. The third-order valence-corrected chi connectivity index (χ3v) is 2.07. The number of halogens is 3. The summed E-state index contributed by atoms with van der Waals surface area (Å²) in [5, 5.41) is 10.7. The first-order valence-corrected chi connectivity index (χ1v) is 5.35. The molecule has 0 fully saturated rings. The molecule has 1 aromatic heterocycles. The Kier molecular flexibility index (Phi) is 5.11. The highest BCUT2D eigenvalue weighted by atomic mass is 19.4. The van der Waals surface area contributed by atoms with Crippen molar-refractivity contribution in [1.82, 2.24) is 10.3 Å². The minimum atomic E-state index is -4.46. The molecule has 0 spiro atoms. The lowest BCUT2D eigenvalue weighted by Gasteiger charge is -2.11. The molecule has 0 aromatic carbocycles. The fraction of sp³-hybridized carbons (Fsp3) is 0.455. The normalized spacial score (nSPS) is 11.2. The van der Waals surface area contributed by atoms with Crippen LogP contribution in [0.1, 0.15) is 11.4 Å². The van der Waals surface area contributed by atoms with Gasteiger partial charge in [-0.2, -0.15) is 13.2 Å². The lowest BCUT2D eigenvalue weighted by molar-refractivity contribution is -0.139. The second kappa shape index (κ2) is 6.37. The van der Waals surface area contributed by atoms with Crippen molar-refractivity contribution in [2.45, 2.75) is 19.7 Å². The molecule has 0 bridgehead atoms. The van der Waals surface area contributed by atoms with Gasteiger partial charge >= 0.3 is 6.18 Å². The maximum Gasteiger partial charge on any atom is 0.405 e. The molecule has 1 heterocycles. The number of alkyl halides is 3. The van der Waals surface area contributed by atoms with Gasteiger partial charge in [-0.3, -0.25) is 9.78 Å². The molecular weight excluding hydrogens is 265 g/mol. The van der Waals surface area contributed by atoms with Crippen molar-refractivity contribution in [3.8, 4) is 5.75 Å². The Morgan fingerprint density at radius 3 is 2.74 bits per heavy atom. The van der Waals surface area contributed by atoms with Crippen LogP contribution < -0.4 is 10.1 Å². The fourth-order valence-corrected chi connectivity index (χ4v) is 1.24. The van der Waals surface area contributed by atoms with Gasteiger partial charge in [0.15, 0.2) is 6.61 Å². The summed E-state index contributed by atoms with van der Waals surface area (Å²) in [6.07, 6.45) is -4.46. The number of aliphatic hydroxyl groups is 1. The first kappa shape index (κ1) is 15.2. The molecule has 0 aliphatic rings. The average Bonchev–Trinajstić information content (AvgIpc) is 2.33. The topological polar surface area (TPSA) is 71.5 Å². The Balaban J connectivity index is 2.50. The number of carbonyl (C=O) groups is 1. The molecule has 106 valence electrons. The summed E-state index contributed by atoms with van der Waals surface area (Å²) in [6.45, 7) is -0.665. The van der Waals surface area contributed by atoms with Gasteiger partial charge in [0.1, 0.15) is 18.0 Å². The number of hydrogen-bond acceptors (Lipinski definition) is 4. The van der Waals surface area contributed by atoms with Gasteiger partial charge in [-0.05, 0) is 19.1 Å². The van der Waals surface area contributed by atoms with E-state index in [0.717, 1.165) is 0 Å². The number of rotatable bonds is 5. The molecule has 1 rings (SSSR count). The van der Waals surface area contributed by atoms with E-state index in [2.05, 4.69) is 4.98 Å². The molecule has 19 heavy (non-hydrogen) atoms. The van der Waals surface area contributed by atoms with Crippen LogP contribution in [0.3, 0.4) is 0 Å². The second-order valence-electron chi connectivity index (χ2n) is 3.74. The molecule has 0 aliphatic carbocycles. The van der Waals surface area contributed by atoms with Crippen molar-refractivity contribution in [3.05, 3.63) is 23.5 Å². The molecule has 5 nitrogen and oxygen atoms in total.